The first kappa shape index (κ1) is 17.9. The van der Waals surface area contributed by atoms with Crippen molar-refractivity contribution in [1.29, 1.82) is 0 Å². The predicted molar refractivity (Wildman–Crippen MR) is 94.1 cm³/mol. The van der Waals surface area contributed by atoms with Gasteiger partial charge in [0.2, 0.25) is 0 Å². The highest BCUT2D eigenvalue weighted by Crippen LogP contribution is 2.17. The minimum absolute atomic E-state index is 0.192. The number of hydrogen-bond donors (Lipinski definition) is 2. The molecule has 5 heteroatoms. The molecular formula is C18H30N4O. The van der Waals surface area contributed by atoms with Crippen LogP contribution in [0.1, 0.15) is 47.7 Å². The van der Waals surface area contributed by atoms with E-state index in [2.05, 4.69) is 41.3 Å². The molecule has 1 fully saturated rings. The van der Waals surface area contributed by atoms with Gasteiger partial charge < -0.3 is 4.90 Å². The van der Waals surface area contributed by atoms with Crippen molar-refractivity contribution >= 4 is 5.91 Å². The first-order valence-corrected chi connectivity index (χ1v) is 8.67. The predicted octanol–water partition coefficient (Wildman–Crippen LogP) is 1.77. The zero-order valence-electron chi connectivity index (χ0n) is 14.5. The van der Waals surface area contributed by atoms with Crippen LogP contribution >= 0.6 is 0 Å². The highest BCUT2D eigenvalue weighted by molar-refractivity contribution is 5.95. The minimum atomic E-state index is -0.192. The molecule has 0 saturated carbocycles. The van der Waals surface area contributed by atoms with E-state index in [0.29, 0.717) is 5.56 Å². The van der Waals surface area contributed by atoms with E-state index >= 15 is 0 Å². The molecule has 1 aromatic rings. The fraction of sp³-hybridized carbons (Fsp3) is 0.611. The van der Waals surface area contributed by atoms with Crippen LogP contribution in [-0.2, 0) is 13.0 Å². The summed E-state index contributed by atoms with van der Waals surface area (Å²) >= 11 is 0. The average Bonchev–Trinajstić information content (AvgIpc) is 2.57. The molecule has 23 heavy (non-hydrogen) atoms. The topological polar surface area (TPSA) is 61.6 Å². The standard InChI is InChI=1S/C18H30N4O/c1-3-4-5-6-16-13-15(7-8-17(16)18(23)20-19)14-22-11-9-21(2)10-12-22/h7-8,13H,3-6,9-12,14,19H2,1-2H3,(H,20,23). The Morgan fingerprint density at radius 1 is 1.22 bits per heavy atom. The zero-order valence-corrected chi connectivity index (χ0v) is 14.5. The third kappa shape index (κ3) is 5.30. The van der Waals surface area contributed by atoms with E-state index in [1.165, 1.54) is 18.4 Å². The molecule has 0 unspecified atom stereocenters. The lowest BCUT2D eigenvalue weighted by Crippen LogP contribution is -2.43. The Bertz CT molecular complexity index is 510. The molecule has 0 aromatic heterocycles. The van der Waals surface area contributed by atoms with E-state index in [-0.39, 0.29) is 5.91 Å². The van der Waals surface area contributed by atoms with Gasteiger partial charge in [-0.05, 0) is 37.1 Å². The number of aryl methyl sites for hydroxylation is 1. The normalized spacial score (nSPS) is 16.5. The highest BCUT2D eigenvalue weighted by atomic mass is 16.2. The molecule has 128 valence electrons. The van der Waals surface area contributed by atoms with Crippen LogP contribution in [0.2, 0.25) is 0 Å². The monoisotopic (exact) mass is 318 g/mol. The summed E-state index contributed by atoms with van der Waals surface area (Å²) in [6, 6.07) is 6.18. The van der Waals surface area contributed by atoms with Gasteiger partial charge >= 0.3 is 0 Å². The smallest absolute Gasteiger partial charge is 0.265 e. The number of nitrogens with zero attached hydrogens (tertiary/aromatic N) is 2. The number of nitrogens with two attached hydrogens (primary N) is 1. The molecule has 0 radical (unpaired) electrons. The number of nitrogens with one attached hydrogen (secondary N) is 1. The Hall–Kier alpha value is -1.43. The van der Waals surface area contributed by atoms with E-state index in [1.807, 2.05) is 6.07 Å². The first-order valence-electron chi connectivity index (χ1n) is 8.67. The third-order valence-electron chi connectivity index (χ3n) is 4.60. The molecule has 1 saturated heterocycles. The molecule has 0 spiro atoms. The molecule has 3 N–H and O–H groups in total. The van der Waals surface area contributed by atoms with Crippen LogP contribution in [0.4, 0.5) is 0 Å². The Morgan fingerprint density at radius 2 is 1.96 bits per heavy atom. The first-order chi connectivity index (χ1) is 11.1. The zero-order chi connectivity index (χ0) is 16.7. The van der Waals surface area contributed by atoms with Crippen molar-refractivity contribution in [2.75, 3.05) is 33.2 Å². The second kappa shape index (κ2) is 9.01. The van der Waals surface area contributed by atoms with Gasteiger partial charge in [0.15, 0.2) is 0 Å². The van der Waals surface area contributed by atoms with Gasteiger partial charge in [-0.2, -0.15) is 0 Å². The molecule has 1 aromatic carbocycles. The Kier molecular flexibility index (Phi) is 7.02. The number of amides is 1. The number of carbonyl (C=O) groups is 1. The Morgan fingerprint density at radius 3 is 2.61 bits per heavy atom. The van der Waals surface area contributed by atoms with E-state index in [0.717, 1.165) is 51.1 Å². The van der Waals surface area contributed by atoms with Crippen molar-refractivity contribution in [3.05, 3.63) is 34.9 Å². The van der Waals surface area contributed by atoms with Crippen molar-refractivity contribution in [3.63, 3.8) is 0 Å². The maximum Gasteiger partial charge on any atom is 0.265 e. The van der Waals surface area contributed by atoms with Gasteiger partial charge in [-0.25, -0.2) is 5.84 Å². The maximum atomic E-state index is 12.0. The second-order valence-corrected chi connectivity index (χ2v) is 6.50. The minimum Gasteiger partial charge on any atom is -0.304 e. The lowest BCUT2D eigenvalue weighted by molar-refractivity contribution is 0.0952. The Labute approximate surface area is 139 Å². The van der Waals surface area contributed by atoms with Gasteiger partial charge in [-0.15, -0.1) is 0 Å². The molecule has 0 atom stereocenters. The summed E-state index contributed by atoms with van der Waals surface area (Å²) in [5, 5.41) is 0. The molecule has 1 aliphatic rings. The summed E-state index contributed by atoms with van der Waals surface area (Å²) in [5.74, 6) is 5.12. The van der Waals surface area contributed by atoms with Gasteiger partial charge in [0, 0.05) is 38.3 Å². The third-order valence-corrected chi connectivity index (χ3v) is 4.60. The summed E-state index contributed by atoms with van der Waals surface area (Å²) in [6.07, 6.45) is 4.41. The Balaban J connectivity index is 2.08. The van der Waals surface area contributed by atoms with Gasteiger partial charge in [-0.1, -0.05) is 31.9 Å². The van der Waals surface area contributed by atoms with Crippen molar-refractivity contribution in [2.24, 2.45) is 5.84 Å². The van der Waals surface area contributed by atoms with Crippen LogP contribution in [0.15, 0.2) is 18.2 Å². The number of likely N-dealkylation sites (N-methyl/N-ethyl adjacent to an activating group) is 1. The van der Waals surface area contributed by atoms with Crippen LogP contribution in [0.5, 0.6) is 0 Å². The molecule has 5 nitrogen and oxygen atoms in total. The van der Waals surface area contributed by atoms with E-state index in [9.17, 15) is 4.79 Å². The van der Waals surface area contributed by atoms with Crippen molar-refractivity contribution in [3.8, 4) is 0 Å². The largest absolute Gasteiger partial charge is 0.304 e. The fourth-order valence-electron chi connectivity index (χ4n) is 3.08. The van der Waals surface area contributed by atoms with Crippen molar-refractivity contribution in [2.45, 2.75) is 39.2 Å². The molecule has 2 rings (SSSR count). The molecule has 1 amide bonds. The van der Waals surface area contributed by atoms with Crippen LogP contribution in [0.25, 0.3) is 0 Å². The summed E-state index contributed by atoms with van der Waals surface area (Å²) in [4.78, 5) is 16.8. The highest BCUT2D eigenvalue weighted by Gasteiger charge is 2.16. The number of hydrogen-bond acceptors (Lipinski definition) is 4. The van der Waals surface area contributed by atoms with E-state index < -0.39 is 0 Å². The fourth-order valence-corrected chi connectivity index (χ4v) is 3.08. The van der Waals surface area contributed by atoms with Gasteiger partial charge in [0.25, 0.3) is 5.91 Å². The van der Waals surface area contributed by atoms with Crippen LogP contribution in [0.3, 0.4) is 0 Å². The van der Waals surface area contributed by atoms with Gasteiger partial charge in [0.05, 0.1) is 0 Å². The van der Waals surface area contributed by atoms with Crippen LogP contribution < -0.4 is 11.3 Å². The number of carbonyl (C=O) groups excluding carboxylic acids is 1. The van der Waals surface area contributed by atoms with E-state index in [1.54, 1.807) is 0 Å². The molecule has 0 bridgehead atoms. The number of benzene rings is 1. The van der Waals surface area contributed by atoms with Gasteiger partial charge in [-0.3, -0.25) is 15.1 Å². The van der Waals surface area contributed by atoms with Crippen LogP contribution in [0, 0.1) is 0 Å². The SMILES string of the molecule is CCCCCc1cc(CN2CCN(C)CC2)ccc1C(=O)NN. The molecular weight excluding hydrogens is 288 g/mol. The van der Waals surface area contributed by atoms with Crippen molar-refractivity contribution < 1.29 is 4.79 Å². The summed E-state index contributed by atoms with van der Waals surface area (Å²) in [6.45, 7) is 7.60. The van der Waals surface area contributed by atoms with Crippen LogP contribution in [-0.4, -0.2) is 48.9 Å². The number of unbranched alkanes of at least 4 members (excludes halogenated alkanes) is 2. The lowest BCUT2D eigenvalue weighted by Gasteiger charge is -2.32. The lowest BCUT2D eigenvalue weighted by atomic mass is 9.98. The molecule has 1 heterocycles. The molecule has 0 aliphatic carbocycles. The summed E-state index contributed by atoms with van der Waals surface area (Å²) < 4.78 is 0. The molecule has 1 aliphatic heterocycles. The number of rotatable bonds is 7. The second-order valence-electron chi connectivity index (χ2n) is 6.50. The van der Waals surface area contributed by atoms with Gasteiger partial charge in [0.1, 0.15) is 0 Å². The quantitative estimate of drug-likeness (QED) is 0.348. The average molecular weight is 318 g/mol. The number of hydrazine groups is 1. The number of nitrogen functional groups attached to an aromatic ring is 1. The van der Waals surface area contributed by atoms with E-state index in [4.69, 9.17) is 5.84 Å². The number of piperazine rings is 1. The maximum absolute atomic E-state index is 12.0. The summed E-state index contributed by atoms with van der Waals surface area (Å²) in [7, 11) is 2.17. The summed E-state index contributed by atoms with van der Waals surface area (Å²) in [5.41, 5.74) is 5.38. The van der Waals surface area contributed by atoms with Crippen molar-refractivity contribution in [1.82, 2.24) is 15.2 Å².